The molecule has 156 valence electrons. The molecule has 0 bridgehead atoms. The highest BCUT2D eigenvalue weighted by Gasteiger charge is 2.42. The van der Waals surface area contributed by atoms with Gasteiger partial charge >= 0.3 is 0 Å². The molecule has 29 heavy (non-hydrogen) atoms. The van der Waals surface area contributed by atoms with E-state index in [1.54, 1.807) is 7.11 Å². The fraction of sp³-hybridized carbons (Fsp3) is 0.545. The van der Waals surface area contributed by atoms with E-state index >= 15 is 0 Å². The van der Waals surface area contributed by atoms with Crippen LogP contribution in [0.3, 0.4) is 0 Å². The van der Waals surface area contributed by atoms with Crippen molar-refractivity contribution in [2.45, 2.75) is 26.2 Å². The third kappa shape index (κ3) is 3.88. The molecular weight excluding hydrogens is 366 g/mol. The minimum Gasteiger partial charge on any atom is -0.493 e. The molecule has 1 aromatic carbocycles. The number of aromatic nitrogens is 1. The Kier molecular flexibility index (Phi) is 5.83. The standard InChI is InChI=1S/C22H32N5O2/c1-4-10-27(23)21(15-28-3)25-20-12-24-19-8-7-17(11-18(19)22(20)27)29-14-16-6-5-9-26(2)13-16/h7-8,11-12,16H,4-6,9-10,13-15,23H2,1-3H3/q+1. The van der Waals surface area contributed by atoms with Crippen molar-refractivity contribution in [2.75, 3.05) is 47.0 Å². The van der Waals surface area contributed by atoms with E-state index in [-0.39, 0.29) is 4.59 Å². The van der Waals surface area contributed by atoms with Crippen LogP contribution < -0.4 is 15.2 Å². The first kappa shape index (κ1) is 20.2. The van der Waals surface area contributed by atoms with Gasteiger partial charge in [-0.3, -0.25) is 4.98 Å². The van der Waals surface area contributed by atoms with E-state index in [2.05, 4.69) is 29.9 Å². The Balaban J connectivity index is 1.65. The average molecular weight is 399 g/mol. The molecule has 3 heterocycles. The van der Waals surface area contributed by atoms with E-state index in [4.69, 9.17) is 20.3 Å². The fourth-order valence-corrected chi connectivity index (χ4v) is 4.59. The lowest BCUT2D eigenvalue weighted by Gasteiger charge is -2.30. The molecule has 1 aromatic heterocycles. The summed E-state index contributed by atoms with van der Waals surface area (Å²) in [5.74, 6) is 9.14. The lowest BCUT2D eigenvalue weighted by molar-refractivity contribution is 0.150. The van der Waals surface area contributed by atoms with Gasteiger partial charge in [0.2, 0.25) is 0 Å². The van der Waals surface area contributed by atoms with Crippen LogP contribution in [0, 0.1) is 5.92 Å². The van der Waals surface area contributed by atoms with Crippen LogP contribution in [0.15, 0.2) is 29.4 Å². The highest BCUT2D eigenvalue weighted by molar-refractivity contribution is 6.10. The zero-order valence-corrected chi connectivity index (χ0v) is 17.7. The normalized spacial score (nSPS) is 24.6. The van der Waals surface area contributed by atoms with Crippen LogP contribution in [-0.2, 0) is 4.74 Å². The van der Waals surface area contributed by atoms with Crippen LogP contribution in [0.25, 0.3) is 10.9 Å². The lowest BCUT2D eigenvalue weighted by atomic mass is 9.99. The summed E-state index contributed by atoms with van der Waals surface area (Å²) in [5.41, 5.74) is 2.73. The molecule has 2 aliphatic rings. The summed E-state index contributed by atoms with van der Waals surface area (Å²) in [5, 5.41) is 1.01. The van der Waals surface area contributed by atoms with Gasteiger partial charge in [0, 0.05) is 19.6 Å². The maximum Gasteiger partial charge on any atom is 0.254 e. The highest BCUT2D eigenvalue weighted by Crippen LogP contribution is 2.44. The second kappa shape index (κ2) is 8.36. The summed E-state index contributed by atoms with van der Waals surface area (Å²) in [6.45, 7) is 6.31. The molecule has 0 spiro atoms. The number of piperidine rings is 1. The van der Waals surface area contributed by atoms with E-state index < -0.39 is 0 Å². The van der Waals surface area contributed by atoms with Crippen molar-refractivity contribution in [3.05, 3.63) is 24.4 Å². The summed E-state index contributed by atoms with van der Waals surface area (Å²) in [6.07, 6.45) is 5.22. The molecule has 0 saturated carbocycles. The van der Waals surface area contributed by atoms with Gasteiger partial charge in [-0.1, -0.05) is 6.92 Å². The van der Waals surface area contributed by atoms with Crippen LogP contribution in [0.1, 0.15) is 26.2 Å². The zero-order chi connectivity index (χ0) is 20.4. The molecule has 0 radical (unpaired) electrons. The van der Waals surface area contributed by atoms with Crippen LogP contribution in [-0.4, -0.2) is 62.7 Å². The molecule has 0 amide bonds. The third-order valence-electron chi connectivity index (χ3n) is 5.96. The largest absolute Gasteiger partial charge is 0.493 e. The van der Waals surface area contributed by atoms with E-state index in [9.17, 15) is 0 Å². The number of aliphatic imine (C=N–C) groups is 1. The number of fused-ring (bicyclic) bond motifs is 3. The molecule has 1 fully saturated rings. The van der Waals surface area contributed by atoms with Crippen molar-refractivity contribution in [3.8, 4) is 5.75 Å². The number of hydrogen-bond acceptors (Lipinski definition) is 6. The molecule has 7 nitrogen and oxygen atoms in total. The van der Waals surface area contributed by atoms with Crippen LogP contribution in [0.4, 0.5) is 11.4 Å². The van der Waals surface area contributed by atoms with Gasteiger partial charge < -0.3 is 14.4 Å². The SMILES string of the molecule is CCC[N+]1(N)C(COC)=Nc2cnc3ccc(OCC4CCCN(C)C4)cc3c21. The van der Waals surface area contributed by atoms with E-state index in [1.807, 2.05) is 18.3 Å². The number of nitrogens with two attached hydrogens (primary N) is 1. The number of ether oxygens (including phenoxy) is 2. The summed E-state index contributed by atoms with van der Waals surface area (Å²) < 4.78 is 11.7. The third-order valence-corrected chi connectivity index (χ3v) is 5.96. The Bertz CT molecular complexity index is 915. The highest BCUT2D eigenvalue weighted by atomic mass is 16.5. The average Bonchev–Trinajstić information content (AvgIpc) is 2.99. The number of likely N-dealkylation sites (tertiary alicyclic amines) is 1. The predicted octanol–water partition coefficient (Wildman–Crippen LogP) is 3.24. The van der Waals surface area contributed by atoms with Gasteiger partial charge in [-0.2, -0.15) is 15.4 Å². The van der Waals surface area contributed by atoms with Crippen molar-refractivity contribution < 1.29 is 9.47 Å². The first-order valence-corrected chi connectivity index (χ1v) is 10.5. The zero-order valence-electron chi connectivity index (χ0n) is 17.7. The topological polar surface area (TPSA) is 73.0 Å². The maximum absolute atomic E-state index is 6.89. The van der Waals surface area contributed by atoms with Gasteiger partial charge in [0.15, 0.2) is 11.4 Å². The second-order valence-corrected chi connectivity index (χ2v) is 8.31. The van der Waals surface area contributed by atoms with Crippen molar-refractivity contribution in [1.29, 1.82) is 0 Å². The first-order chi connectivity index (χ1) is 14.0. The van der Waals surface area contributed by atoms with E-state index in [0.29, 0.717) is 12.5 Å². The second-order valence-electron chi connectivity index (χ2n) is 8.31. The van der Waals surface area contributed by atoms with Crippen molar-refractivity contribution in [1.82, 2.24) is 14.5 Å². The summed E-state index contributed by atoms with van der Waals surface area (Å²) in [7, 11) is 3.86. The minimum absolute atomic E-state index is 0.176. The Morgan fingerprint density at radius 2 is 2.21 bits per heavy atom. The number of hydrogen-bond donors (Lipinski definition) is 1. The van der Waals surface area contributed by atoms with Gasteiger partial charge in [0.05, 0.1) is 23.7 Å². The number of amidine groups is 1. The number of nitrogens with zero attached hydrogens (tertiary/aromatic N) is 4. The first-order valence-electron chi connectivity index (χ1n) is 10.5. The number of pyridine rings is 1. The van der Waals surface area contributed by atoms with Crippen LogP contribution in [0.5, 0.6) is 5.75 Å². The Labute approximate surface area is 172 Å². The Morgan fingerprint density at radius 1 is 1.34 bits per heavy atom. The summed E-state index contributed by atoms with van der Waals surface area (Å²) >= 11 is 0. The molecule has 7 heteroatoms. The summed E-state index contributed by atoms with van der Waals surface area (Å²) in [6, 6.07) is 6.10. The fourth-order valence-electron chi connectivity index (χ4n) is 4.59. The maximum atomic E-state index is 6.89. The van der Waals surface area contributed by atoms with Gasteiger partial charge in [-0.25, -0.2) is 0 Å². The van der Waals surface area contributed by atoms with Crippen molar-refractivity contribution >= 4 is 28.1 Å². The quantitative estimate of drug-likeness (QED) is 0.573. The van der Waals surface area contributed by atoms with Gasteiger partial charge in [-0.05, 0) is 51.1 Å². The molecule has 0 aliphatic carbocycles. The smallest absolute Gasteiger partial charge is 0.254 e. The van der Waals surface area contributed by atoms with Crippen molar-refractivity contribution in [3.63, 3.8) is 0 Å². The molecule has 2 aliphatic heterocycles. The minimum atomic E-state index is 0.176. The molecular formula is C22H32N5O2+. The number of benzene rings is 1. The van der Waals surface area contributed by atoms with Gasteiger partial charge in [0.25, 0.3) is 5.84 Å². The van der Waals surface area contributed by atoms with Gasteiger partial charge in [0.1, 0.15) is 18.9 Å². The molecule has 4 rings (SSSR count). The number of rotatable bonds is 7. The van der Waals surface area contributed by atoms with Crippen molar-refractivity contribution in [2.24, 2.45) is 16.8 Å². The van der Waals surface area contributed by atoms with Gasteiger partial charge in [-0.15, -0.1) is 0 Å². The number of methoxy groups -OCH3 is 1. The molecule has 1 saturated heterocycles. The molecule has 2 aromatic rings. The predicted molar refractivity (Wildman–Crippen MR) is 118 cm³/mol. The Morgan fingerprint density at radius 3 is 2.97 bits per heavy atom. The van der Waals surface area contributed by atoms with E-state index in [0.717, 1.165) is 60.0 Å². The van der Waals surface area contributed by atoms with E-state index in [1.165, 1.54) is 19.4 Å². The molecule has 2 unspecified atom stereocenters. The van der Waals surface area contributed by atoms with Crippen LogP contribution in [0.2, 0.25) is 0 Å². The summed E-state index contributed by atoms with van der Waals surface area (Å²) in [4.78, 5) is 11.7. The van der Waals surface area contributed by atoms with Crippen LogP contribution >= 0.6 is 0 Å². The Hall–Kier alpha value is -2.06. The lowest BCUT2D eigenvalue weighted by Crippen LogP contribution is -2.60. The molecule has 2 atom stereocenters. The monoisotopic (exact) mass is 398 g/mol. The molecule has 2 N–H and O–H groups in total. The number of quaternary nitrogens is 1.